The average molecular weight is 845 g/mol. The van der Waals surface area contributed by atoms with E-state index in [1.54, 1.807) is 14.2 Å². The van der Waals surface area contributed by atoms with Crippen molar-refractivity contribution >= 4 is 43.8 Å². The number of nitrogens with one attached hydrogen (secondary N) is 2. The molecule has 0 bridgehead atoms. The number of hydrogen-bond donors (Lipinski definition) is 4. The van der Waals surface area contributed by atoms with Gasteiger partial charge in [-0.05, 0) is 117 Å². The summed E-state index contributed by atoms with van der Waals surface area (Å²) in [6.45, 7) is 6.81. The minimum Gasteiger partial charge on any atom is -0.481 e. The van der Waals surface area contributed by atoms with Crippen LogP contribution in [0.25, 0.3) is 11.1 Å². The van der Waals surface area contributed by atoms with Gasteiger partial charge in [-0.3, -0.25) is 9.59 Å². The van der Waals surface area contributed by atoms with Gasteiger partial charge in [-0.2, -0.15) is 9.97 Å². The second-order valence-electron chi connectivity index (χ2n) is 12.0. The fourth-order valence-corrected chi connectivity index (χ4v) is 6.49. The quantitative estimate of drug-likeness (QED) is 0.0618. The minimum atomic E-state index is -0.814. The molecule has 0 fully saturated rings. The molecule has 12 nitrogen and oxygen atoms in total. The third kappa shape index (κ3) is 11.4. The highest BCUT2D eigenvalue weighted by Gasteiger charge is 2.17. The predicted octanol–water partition coefficient (Wildman–Crippen LogP) is 7.37. The molecule has 4 rings (SSSR count). The number of benzene rings is 2. The fourth-order valence-electron chi connectivity index (χ4n) is 5.53. The summed E-state index contributed by atoms with van der Waals surface area (Å²) in [7, 11) is 3.11. The van der Waals surface area contributed by atoms with E-state index in [2.05, 4.69) is 78.4 Å². The fraction of sp³-hybridized carbons (Fsp3) is 0.368. The van der Waals surface area contributed by atoms with Crippen LogP contribution in [0.3, 0.4) is 0 Å². The summed E-state index contributed by atoms with van der Waals surface area (Å²) in [6, 6.07) is 16.1. The van der Waals surface area contributed by atoms with Gasteiger partial charge in [0.15, 0.2) is 0 Å². The first-order valence-electron chi connectivity index (χ1n) is 16.8. The topological polar surface area (TPSA) is 161 Å². The Morgan fingerprint density at radius 3 is 1.42 bits per heavy atom. The van der Waals surface area contributed by atoms with Gasteiger partial charge >= 0.3 is 11.9 Å². The van der Waals surface area contributed by atoms with Crippen molar-refractivity contribution in [2.24, 2.45) is 0 Å². The second-order valence-corrected chi connectivity index (χ2v) is 13.7. The van der Waals surface area contributed by atoms with Gasteiger partial charge in [0.25, 0.3) is 0 Å². The van der Waals surface area contributed by atoms with Crippen molar-refractivity contribution in [1.29, 1.82) is 0 Å². The van der Waals surface area contributed by atoms with E-state index in [-0.39, 0.29) is 12.8 Å². The molecule has 0 aliphatic rings. The van der Waals surface area contributed by atoms with E-state index in [1.165, 1.54) is 0 Å². The summed E-state index contributed by atoms with van der Waals surface area (Å²) < 4.78 is 24.8. The number of methoxy groups -OCH3 is 2. The predicted molar refractivity (Wildman–Crippen MR) is 204 cm³/mol. The number of rotatable bonds is 21. The molecule has 4 N–H and O–H groups in total. The lowest BCUT2D eigenvalue weighted by Gasteiger charge is -2.18. The molecule has 278 valence electrons. The SMILES string of the molecule is COc1nc(OCc2cccc(-c3cccc(COc4nc(OC)c(CNCCCC(=O)O)cc4Br)c3C)c2C)c(Br)cc1CNCCCC(=O)O. The van der Waals surface area contributed by atoms with Crippen LogP contribution >= 0.6 is 31.9 Å². The van der Waals surface area contributed by atoms with Crippen LogP contribution in [0.1, 0.15) is 59.1 Å². The summed E-state index contributed by atoms with van der Waals surface area (Å²) in [6.07, 6.45) is 1.29. The van der Waals surface area contributed by atoms with E-state index < -0.39 is 11.9 Å². The number of carboxylic acid groups (broad SMARTS) is 2. The highest BCUT2D eigenvalue weighted by atomic mass is 79.9. The number of ether oxygens (including phenoxy) is 4. The molecular formula is C38H44Br2N4O8. The normalized spacial score (nSPS) is 11.0. The smallest absolute Gasteiger partial charge is 0.303 e. The van der Waals surface area contributed by atoms with Crippen molar-refractivity contribution in [2.75, 3.05) is 27.3 Å². The molecule has 0 saturated carbocycles. The molecule has 2 heterocycles. The first-order valence-corrected chi connectivity index (χ1v) is 18.4. The van der Waals surface area contributed by atoms with E-state index in [0.717, 1.165) is 44.5 Å². The Balaban J connectivity index is 1.43. The summed E-state index contributed by atoms with van der Waals surface area (Å²) in [5.41, 5.74) is 7.98. The lowest BCUT2D eigenvalue weighted by Crippen LogP contribution is -2.17. The number of halogens is 2. The van der Waals surface area contributed by atoms with E-state index in [9.17, 15) is 9.59 Å². The van der Waals surface area contributed by atoms with Crippen molar-refractivity contribution < 1.29 is 38.7 Å². The molecule has 0 atom stereocenters. The maximum absolute atomic E-state index is 10.8. The van der Waals surface area contributed by atoms with Crippen LogP contribution in [-0.4, -0.2) is 59.4 Å². The number of aromatic nitrogens is 2. The van der Waals surface area contributed by atoms with Crippen LogP contribution in [0.2, 0.25) is 0 Å². The monoisotopic (exact) mass is 842 g/mol. The van der Waals surface area contributed by atoms with Gasteiger partial charge in [0.2, 0.25) is 23.5 Å². The molecule has 0 unspecified atom stereocenters. The summed E-state index contributed by atoms with van der Waals surface area (Å²) in [4.78, 5) is 30.7. The Morgan fingerprint density at radius 1 is 0.654 bits per heavy atom. The van der Waals surface area contributed by atoms with Crippen molar-refractivity contribution in [3.63, 3.8) is 0 Å². The zero-order chi connectivity index (χ0) is 37.6. The van der Waals surface area contributed by atoms with Crippen molar-refractivity contribution in [3.8, 4) is 34.6 Å². The van der Waals surface area contributed by atoms with Gasteiger partial charge in [-0.1, -0.05) is 36.4 Å². The molecule has 14 heteroatoms. The molecule has 2 aromatic heterocycles. The summed E-state index contributed by atoms with van der Waals surface area (Å²) in [5.74, 6) is 0.0486. The second kappa shape index (κ2) is 20.1. The summed E-state index contributed by atoms with van der Waals surface area (Å²) >= 11 is 7.17. The summed E-state index contributed by atoms with van der Waals surface area (Å²) in [5, 5.41) is 24.2. The number of aliphatic carboxylic acids is 2. The van der Waals surface area contributed by atoms with Gasteiger partial charge in [-0.25, -0.2) is 0 Å². The third-order valence-corrected chi connectivity index (χ3v) is 9.52. The van der Waals surface area contributed by atoms with Crippen molar-refractivity contribution in [3.05, 3.63) is 90.9 Å². The highest BCUT2D eigenvalue weighted by molar-refractivity contribution is 9.10. The molecular weight excluding hydrogens is 800 g/mol. The van der Waals surface area contributed by atoms with E-state index in [4.69, 9.17) is 29.2 Å². The van der Waals surface area contributed by atoms with Gasteiger partial charge in [0, 0.05) is 37.1 Å². The molecule has 0 amide bonds. The average Bonchev–Trinajstić information content (AvgIpc) is 3.11. The van der Waals surface area contributed by atoms with Gasteiger partial charge in [-0.15, -0.1) is 0 Å². The number of carbonyl (C=O) groups is 2. The Morgan fingerprint density at radius 2 is 1.06 bits per heavy atom. The first-order chi connectivity index (χ1) is 25.0. The lowest BCUT2D eigenvalue weighted by atomic mass is 9.92. The Labute approximate surface area is 320 Å². The highest BCUT2D eigenvalue weighted by Crippen LogP contribution is 2.34. The molecule has 0 radical (unpaired) electrons. The molecule has 4 aromatic rings. The Bertz CT molecular complexity index is 1720. The van der Waals surface area contributed by atoms with Crippen LogP contribution in [-0.2, 0) is 35.9 Å². The van der Waals surface area contributed by atoms with Crippen LogP contribution < -0.4 is 29.6 Å². The third-order valence-electron chi connectivity index (χ3n) is 8.38. The number of carboxylic acids is 2. The number of hydrogen-bond acceptors (Lipinski definition) is 10. The lowest BCUT2D eigenvalue weighted by molar-refractivity contribution is -0.138. The Kier molecular flexibility index (Phi) is 15.7. The Hall–Kier alpha value is -4.24. The zero-order valence-electron chi connectivity index (χ0n) is 29.7. The van der Waals surface area contributed by atoms with Gasteiger partial charge in [0.1, 0.15) is 13.2 Å². The molecule has 0 aliphatic carbocycles. The van der Waals surface area contributed by atoms with E-state index in [1.807, 2.05) is 36.4 Å². The largest absolute Gasteiger partial charge is 0.481 e. The first kappa shape index (κ1) is 40.5. The van der Waals surface area contributed by atoms with E-state index >= 15 is 0 Å². The van der Waals surface area contributed by atoms with E-state index in [0.29, 0.717) is 84.7 Å². The molecule has 0 saturated heterocycles. The maximum Gasteiger partial charge on any atom is 0.303 e. The number of pyridine rings is 2. The van der Waals surface area contributed by atoms with Crippen molar-refractivity contribution in [2.45, 2.75) is 65.8 Å². The molecule has 2 aromatic carbocycles. The molecule has 0 spiro atoms. The van der Waals surface area contributed by atoms with Crippen LogP contribution in [0.4, 0.5) is 0 Å². The van der Waals surface area contributed by atoms with Gasteiger partial charge < -0.3 is 39.8 Å². The molecule has 52 heavy (non-hydrogen) atoms. The van der Waals surface area contributed by atoms with Crippen LogP contribution in [0.5, 0.6) is 23.5 Å². The molecule has 0 aliphatic heterocycles. The minimum absolute atomic E-state index is 0.112. The van der Waals surface area contributed by atoms with Crippen molar-refractivity contribution in [1.82, 2.24) is 20.6 Å². The van der Waals surface area contributed by atoms with Gasteiger partial charge in [0.05, 0.1) is 23.2 Å². The maximum atomic E-state index is 10.8. The van der Waals surface area contributed by atoms with Crippen LogP contribution in [0, 0.1) is 13.8 Å². The van der Waals surface area contributed by atoms with Crippen LogP contribution in [0.15, 0.2) is 57.5 Å². The number of nitrogens with zero attached hydrogens (tertiary/aromatic N) is 2. The standard InChI is InChI=1S/C38H44Br2N4O8/c1-23-25(21-51-37-31(39)17-27(35(43-37)49-3)19-41-15-7-13-33(45)46)9-5-11-29(23)30-12-6-10-26(24(30)2)22-52-38-32(40)18-28(36(44-38)50-4)20-42-16-8-14-34(47)48/h5-6,9-12,17-18,41-42H,7-8,13-16,19-22H2,1-4H3,(H,45,46)(H,47,48). The zero-order valence-corrected chi connectivity index (χ0v) is 32.9.